The van der Waals surface area contributed by atoms with Crippen LogP contribution in [0, 0.1) is 6.92 Å². The molecule has 1 N–H and O–H groups in total. The molecule has 1 aliphatic rings. The van der Waals surface area contributed by atoms with E-state index in [0.29, 0.717) is 23.8 Å². The van der Waals surface area contributed by atoms with E-state index < -0.39 is 0 Å². The van der Waals surface area contributed by atoms with Gasteiger partial charge >= 0.3 is 6.03 Å². The number of nitrogens with zero attached hydrogens (tertiary/aromatic N) is 2. The number of amides is 2. The van der Waals surface area contributed by atoms with Crippen molar-refractivity contribution in [1.82, 2.24) is 4.90 Å². The summed E-state index contributed by atoms with van der Waals surface area (Å²) in [6.07, 6.45) is 0. The lowest BCUT2D eigenvalue weighted by molar-refractivity contribution is 0.208. The molecule has 0 aromatic heterocycles. The average molecular weight is 364 g/mol. The van der Waals surface area contributed by atoms with E-state index in [4.69, 9.17) is 23.2 Å². The number of hydrogen-bond acceptors (Lipinski definition) is 2. The summed E-state index contributed by atoms with van der Waals surface area (Å²) in [6, 6.07) is 13.1. The predicted molar refractivity (Wildman–Crippen MR) is 100 cm³/mol. The van der Waals surface area contributed by atoms with Crippen molar-refractivity contribution in [2.75, 3.05) is 36.4 Å². The van der Waals surface area contributed by atoms with Crippen molar-refractivity contribution in [2.24, 2.45) is 0 Å². The Labute approximate surface area is 152 Å². The highest BCUT2D eigenvalue weighted by Gasteiger charge is 2.22. The smallest absolute Gasteiger partial charge is 0.322 e. The maximum Gasteiger partial charge on any atom is 0.322 e. The zero-order chi connectivity index (χ0) is 17.1. The molecule has 3 rings (SSSR count). The third kappa shape index (κ3) is 3.60. The van der Waals surface area contributed by atoms with Crippen LogP contribution in [0.5, 0.6) is 0 Å². The number of carbonyl (C=O) groups excluding carboxylic acids is 1. The molecule has 126 valence electrons. The van der Waals surface area contributed by atoms with E-state index in [1.54, 1.807) is 17.0 Å². The second kappa shape index (κ2) is 7.32. The Morgan fingerprint density at radius 1 is 0.958 bits per heavy atom. The molecule has 2 aromatic carbocycles. The third-order valence-electron chi connectivity index (χ3n) is 4.26. The molecule has 0 bridgehead atoms. The van der Waals surface area contributed by atoms with E-state index in [9.17, 15) is 4.79 Å². The van der Waals surface area contributed by atoms with Crippen LogP contribution in [-0.2, 0) is 0 Å². The predicted octanol–water partition coefficient (Wildman–Crippen LogP) is 4.66. The minimum atomic E-state index is -0.120. The highest BCUT2D eigenvalue weighted by Crippen LogP contribution is 2.27. The summed E-state index contributed by atoms with van der Waals surface area (Å²) in [5.41, 5.74) is 2.85. The van der Waals surface area contributed by atoms with Crippen molar-refractivity contribution >= 4 is 40.6 Å². The Kier molecular flexibility index (Phi) is 5.17. The molecule has 2 aromatic rings. The summed E-state index contributed by atoms with van der Waals surface area (Å²) < 4.78 is 0. The summed E-state index contributed by atoms with van der Waals surface area (Å²) in [4.78, 5) is 16.5. The Balaban J connectivity index is 1.62. The number of anilines is 2. The third-order valence-corrected chi connectivity index (χ3v) is 5.00. The zero-order valence-corrected chi connectivity index (χ0v) is 14.9. The molecule has 1 heterocycles. The van der Waals surface area contributed by atoms with Gasteiger partial charge in [0.15, 0.2) is 0 Å². The molecule has 1 saturated heterocycles. The van der Waals surface area contributed by atoms with Crippen molar-refractivity contribution in [1.29, 1.82) is 0 Å². The number of benzene rings is 2. The fourth-order valence-electron chi connectivity index (χ4n) is 2.85. The molecule has 0 atom stereocenters. The van der Waals surface area contributed by atoms with Crippen LogP contribution in [0.25, 0.3) is 0 Å². The van der Waals surface area contributed by atoms with Crippen molar-refractivity contribution < 1.29 is 4.79 Å². The van der Waals surface area contributed by atoms with E-state index in [1.165, 1.54) is 0 Å². The second-order valence-electron chi connectivity index (χ2n) is 5.77. The zero-order valence-electron chi connectivity index (χ0n) is 13.4. The Bertz CT molecular complexity index is 743. The van der Waals surface area contributed by atoms with Gasteiger partial charge in [-0.2, -0.15) is 0 Å². The van der Waals surface area contributed by atoms with Crippen LogP contribution in [0.2, 0.25) is 10.0 Å². The molecule has 4 nitrogen and oxygen atoms in total. The van der Waals surface area contributed by atoms with Crippen molar-refractivity contribution in [3.63, 3.8) is 0 Å². The highest BCUT2D eigenvalue weighted by atomic mass is 35.5. The molecule has 0 radical (unpaired) electrons. The minimum absolute atomic E-state index is 0.120. The van der Waals surface area contributed by atoms with Crippen LogP contribution in [0.4, 0.5) is 16.2 Å². The summed E-state index contributed by atoms with van der Waals surface area (Å²) in [5, 5.41) is 4.18. The normalized spacial score (nSPS) is 14.6. The molecule has 6 heteroatoms. The van der Waals surface area contributed by atoms with Gasteiger partial charge in [-0.05, 0) is 36.8 Å². The molecule has 0 spiro atoms. The quantitative estimate of drug-likeness (QED) is 0.842. The van der Waals surface area contributed by atoms with Gasteiger partial charge in [0.05, 0.1) is 10.7 Å². The SMILES string of the molecule is Cc1c(Cl)cccc1N1CCN(C(=O)Nc2ccccc2Cl)CC1. The Morgan fingerprint density at radius 3 is 2.33 bits per heavy atom. The Hall–Kier alpha value is -1.91. The minimum Gasteiger partial charge on any atom is -0.368 e. The molecule has 2 amide bonds. The largest absolute Gasteiger partial charge is 0.368 e. The van der Waals surface area contributed by atoms with Crippen LogP contribution in [-0.4, -0.2) is 37.1 Å². The highest BCUT2D eigenvalue weighted by molar-refractivity contribution is 6.33. The number of halogens is 2. The van der Waals surface area contributed by atoms with Gasteiger partial charge in [0, 0.05) is 36.9 Å². The lowest BCUT2D eigenvalue weighted by atomic mass is 10.1. The van der Waals surface area contributed by atoms with E-state index in [1.807, 2.05) is 31.2 Å². The number of piperazine rings is 1. The van der Waals surface area contributed by atoms with Crippen LogP contribution in [0.15, 0.2) is 42.5 Å². The maximum absolute atomic E-state index is 12.4. The van der Waals surface area contributed by atoms with Gasteiger partial charge in [-0.15, -0.1) is 0 Å². The molecule has 1 aliphatic heterocycles. The van der Waals surface area contributed by atoms with Crippen molar-refractivity contribution in [3.8, 4) is 0 Å². The van der Waals surface area contributed by atoms with E-state index in [2.05, 4.69) is 16.3 Å². The first-order valence-electron chi connectivity index (χ1n) is 7.87. The molecular weight excluding hydrogens is 345 g/mol. The van der Waals surface area contributed by atoms with Crippen LogP contribution >= 0.6 is 23.2 Å². The molecule has 24 heavy (non-hydrogen) atoms. The van der Waals surface area contributed by atoms with E-state index in [-0.39, 0.29) is 6.03 Å². The monoisotopic (exact) mass is 363 g/mol. The van der Waals surface area contributed by atoms with Gasteiger partial charge in [0.25, 0.3) is 0 Å². The number of urea groups is 1. The van der Waals surface area contributed by atoms with Crippen LogP contribution < -0.4 is 10.2 Å². The summed E-state index contributed by atoms with van der Waals surface area (Å²) in [5.74, 6) is 0. The lowest BCUT2D eigenvalue weighted by Crippen LogP contribution is -2.50. The number of rotatable bonds is 2. The summed E-state index contributed by atoms with van der Waals surface area (Å²) >= 11 is 12.3. The Morgan fingerprint density at radius 2 is 1.62 bits per heavy atom. The molecule has 0 aliphatic carbocycles. The van der Waals surface area contributed by atoms with E-state index >= 15 is 0 Å². The summed E-state index contributed by atoms with van der Waals surface area (Å²) in [6.45, 7) is 4.88. The summed E-state index contributed by atoms with van der Waals surface area (Å²) in [7, 11) is 0. The van der Waals surface area contributed by atoms with Crippen molar-refractivity contribution in [3.05, 3.63) is 58.1 Å². The van der Waals surface area contributed by atoms with E-state index in [0.717, 1.165) is 29.4 Å². The van der Waals surface area contributed by atoms with Gasteiger partial charge in [0.2, 0.25) is 0 Å². The average Bonchev–Trinajstić information content (AvgIpc) is 2.59. The topological polar surface area (TPSA) is 35.6 Å². The van der Waals surface area contributed by atoms with Gasteiger partial charge in [-0.25, -0.2) is 4.79 Å². The molecule has 0 saturated carbocycles. The van der Waals surface area contributed by atoms with Gasteiger partial charge in [-0.1, -0.05) is 41.4 Å². The first kappa shape index (κ1) is 16.9. The number of nitrogens with one attached hydrogen (secondary N) is 1. The maximum atomic E-state index is 12.4. The number of carbonyl (C=O) groups is 1. The number of para-hydroxylation sites is 1. The van der Waals surface area contributed by atoms with Gasteiger partial charge in [-0.3, -0.25) is 0 Å². The lowest BCUT2D eigenvalue weighted by Gasteiger charge is -2.36. The standard InChI is InChI=1S/C18H19Cl2N3O/c1-13-14(19)6-4-8-17(13)22-9-11-23(12-10-22)18(24)21-16-7-3-2-5-15(16)20/h2-8H,9-12H2,1H3,(H,21,24). The van der Waals surface area contributed by atoms with Crippen LogP contribution in [0.3, 0.4) is 0 Å². The van der Waals surface area contributed by atoms with Gasteiger partial charge in [0.1, 0.15) is 0 Å². The first-order valence-corrected chi connectivity index (χ1v) is 8.62. The molecule has 1 fully saturated rings. The van der Waals surface area contributed by atoms with Gasteiger partial charge < -0.3 is 15.1 Å². The fourth-order valence-corrected chi connectivity index (χ4v) is 3.20. The molecular formula is C18H19Cl2N3O. The second-order valence-corrected chi connectivity index (χ2v) is 6.58. The molecule has 0 unspecified atom stereocenters. The first-order chi connectivity index (χ1) is 11.6. The van der Waals surface area contributed by atoms with Crippen molar-refractivity contribution in [2.45, 2.75) is 6.92 Å². The van der Waals surface area contributed by atoms with Crippen LogP contribution in [0.1, 0.15) is 5.56 Å². The fraction of sp³-hybridized carbons (Fsp3) is 0.278. The number of hydrogen-bond donors (Lipinski definition) is 1.